The maximum absolute atomic E-state index is 10.1. The highest BCUT2D eigenvalue weighted by molar-refractivity contribution is 5.77. The Morgan fingerprint density at radius 2 is 0.939 bits per heavy atom. The maximum atomic E-state index is 10.1. The van der Waals surface area contributed by atoms with Crippen LogP contribution < -0.4 is 0 Å². The van der Waals surface area contributed by atoms with E-state index in [0.29, 0.717) is 5.92 Å². The van der Waals surface area contributed by atoms with Crippen molar-refractivity contribution in [3.05, 3.63) is 12.7 Å². The highest BCUT2D eigenvalue weighted by Gasteiger charge is 2.18. The molecule has 202 valence electrons. The summed E-state index contributed by atoms with van der Waals surface area (Å²) in [6, 6.07) is 0. The molecule has 0 amide bonds. The monoisotopic (exact) mass is 474 g/mol. The molecule has 4 nitrogen and oxygen atoms in total. The van der Waals surface area contributed by atoms with Crippen molar-refractivity contribution in [1.82, 2.24) is 0 Å². The van der Waals surface area contributed by atoms with Gasteiger partial charge < -0.3 is 9.47 Å². The number of hydrogen-bond donors (Lipinski definition) is 0. The molecule has 0 atom stereocenters. The summed E-state index contributed by atoms with van der Waals surface area (Å²) in [6.45, 7) is 35.0. The van der Waals surface area contributed by atoms with Gasteiger partial charge in [0.05, 0.1) is 13.2 Å². The summed E-state index contributed by atoms with van der Waals surface area (Å²) in [5.41, 5.74) is 0. The van der Waals surface area contributed by atoms with Crippen LogP contribution in [0, 0.1) is 29.6 Å². The van der Waals surface area contributed by atoms with E-state index in [4.69, 9.17) is 9.47 Å². The van der Waals surface area contributed by atoms with E-state index in [9.17, 15) is 9.59 Å². The summed E-state index contributed by atoms with van der Waals surface area (Å²) >= 11 is 0. The fraction of sp³-hybridized carbons (Fsp3) is 0.862. The molecule has 4 heteroatoms. The van der Waals surface area contributed by atoms with Gasteiger partial charge in [-0.15, -0.1) is 6.58 Å². The number of carbonyl (C=O) groups excluding carboxylic acids is 2. The predicted octanol–water partition coefficient (Wildman–Crippen LogP) is 8.78. The number of ether oxygens (including phenoxy) is 2. The molecule has 0 unspecified atom stereocenters. The van der Waals surface area contributed by atoms with Crippen molar-refractivity contribution in [1.29, 1.82) is 0 Å². The average molecular weight is 475 g/mol. The minimum absolute atomic E-state index is 0.0648. The van der Waals surface area contributed by atoms with Crippen molar-refractivity contribution in [3.63, 3.8) is 0 Å². The minimum Gasteiger partial charge on any atom is -0.350 e. The van der Waals surface area contributed by atoms with Crippen molar-refractivity contribution in [2.45, 2.75) is 123 Å². The molecular formula is C29H62O4. The van der Waals surface area contributed by atoms with E-state index >= 15 is 0 Å². The number of hydrogen-bond acceptors (Lipinski definition) is 4. The Balaban J connectivity index is -0.0000000973. The largest absolute Gasteiger partial charge is 0.350 e. The first kappa shape index (κ1) is 42.2. The summed E-state index contributed by atoms with van der Waals surface area (Å²) in [5.74, 6) is 3.21. The molecule has 0 radical (unpaired) electrons. The van der Waals surface area contributed by atoms with Gasteiger partial charge in [0.25, 0.3) is 0 Å². The number of Topliss-reactive ketones (excluding diaryl/α,β-unsaturated/α-hetero) is 2. The van der Waals surface area contributed by atoms with Crippen molar-refractivity contribution < 1.29 is 19.1 Å². The van der Waals surface area contributed by atoms with Gasteiger partial charge in [-0.25, -0.2) is 0 Å². The average Bonchev–Trinajstić information content (AvgIpc) is 3.25. The highest BCUT2D eigenvalue weighted by atomic mass is 16.7. The molecule has 1 saturated heterocycles. The molecule has 1 fully saturated rings. The Kier molecular flexibility index (Phi) is 39.6. The summed E-state index contributed by atoms with van der Waals surface area (Å²) in [5, 5.41) is 0. The van der Waals surface area contributed by atoms with Gasteiger partial charge in [0.2, 0.25) is 0 Å². The van der Waals surface area contributed by atoms with Gasteiger partial charge in [0.1, 0.15) is 11.6 Å². The summed E-state index contributed by atoms with van der Waals surface area (Å²) < 4.78 is 10.4. The van der Waals surface area contributed by atoms with Gasteiger partial charge in [-0.05, 0) is 32.6 Å². The number of ketones is 2. The first-order valence-electron chi connectivity index (χ1n) is 12.9. The summed E-state index contributed by atoms with van der Waals surface area (Å²) in [6.07, 6.45) is 4.43. The number of carbonyl (C=O) groups is 2. The zero-order valence-electron chi connectivity index (χ0n) is 25.2. The van der Waals surface area contributed by atoms with Gasteiger partial charge in [-0.2, -0.15) is 0 Å². The number of allylic oxidation sites excluding steroid dienone is 1. The fourth-order valence-corrected chi connectivity index (χ4v) is 0.762. The van der Waals surface area contributed by atoms with E-state index in [-0.39, 0.29) is 29.7 Å². The summed E-state index contributed by atoms with van der Waals surface area (Å²) in [7, 11) is 0. The molecular weight excluding hydrogens is 412 g/mol. The first-order valence-corrected chi connectivity index (χ1v) is 12.9. The van der Waals surface area contributed by atoms with E-state index in [2.05, 4.69) is 62.0 Å². The molecule has 0 aromatic rings. The molecule has 1 aliphatic rings. The highest BCUT2D eigenvalue weighted by Crippen LogP contribution is 2.12. The Hall–Kier alpha value is -1.00. The molecule has 33 heavy (non-hydrogen) atoms. The lowest BCUT2D eigenvalue weighted by molar-refractivity contribution is -0.120. The van der Waals surface area contributed by atoms with Crippen LogP contribution in [0.2, 0.25) is 0 Å². The van der Waals surface area contributed by atoms with Crippen molar-refractivity contribution in [3.8, 4) is 0 Å². The molecule has 1 aliphatic heterocycles. The van der Waals surface area contributed by atoms with Crippen molar-refractivity contribution in [2.24, 2.45) is 29.6 Å². The molecule has 0 aromatic heterocycles. The number of rotatable bonds is 5. The van der Waals surface area contributed by atoms with Crippen LogP contribution in [0.15, 0.2) is 12.7 Å². The lowest BCUT2D eigenvalue weighted by atomic mass is 10.1. The van der Waals surface area contributed by atoms with Crippen LogP contribution in [0.25, 0.3) is 0 Å². The van der Waals surface area contributed by atoms with Crippen LogP contribution in [0.4, 0.5) is 0 Å². The fourth-order valence-electron chi connectivity index (χ4n) is 0.762. The lowest BCUT2D eigenvalue weighted by Gasteiger charge is -2.11. The predicted molar refractivity (Wildman–Crippen MR) is 148 cm³/mol. The van der Waals surface area contributed by atoms with Crippen molar-refractivity contribution >= 4 is 11.6 Å². The third-order valence-corrected chi connectivity index (χ3v) is 4.45. The van der Waals surface area contributed by atoms with Gasteiger partial charge in [0, 0.05) is 17.8 Å². The van der Waals surface area contributed by atoms with E-state index in [1.54, 1.807) is 19.9 Å². The van der Waals surface area contributed by atoms with Gasteiger partial charge in [0.15, 0.2) is 6.29 Å². The molecule has 0 N–H and O–H groups in total. The van der Waals surface area contributed by atoms with Crippen LogP contribution in [0.3, 0.4) is 0 Å². The molecule has 0 aromatic carbocycles. The zero-order valence-corrected chi connectivity index (χ0v) is 25.2. The smallest absolute Gasteiger partial charge is 0.160 e. The minimum atomic E-state index is 0.0648. The van der Waals surface area contributed by atoms with E-state index in [0.717, 1.165) is 25.0 Å². The normalized spacial score (nSPS) is 12.2. The Labute approximate surface area is 209 Å². The Morgan fingerprint density at radius 1 is 0.758 bits per heavy atom. The van der Waals surface area contributed by atoms with Crippen LogP contribution in [0.1, 0.15) is 117 Å². The molecule has 0 bridgehead atoms. The van der Waals surface area contributed by atoms with Crippen LogP contribution in [0.5, 0.6) is 0 Å². The molecule has 0 aliphatic carbocycles. The molecule has 1 rings (SSSR count). The first-order chi connectivity index (χ1) is 15.0. The third-order valence-electron chi connectivity index (χ3n) is 4.45. The quantitative estimate of drug-likeness (QED) is 0.374. The molecule has 1 heterocycles. The SMILES string of the molecule is C=CC.CC(=O)C(C)C.CC(=O)C(C)C.CC(C)C1OCCO1.CCC(C)C.CCC(C)C. The van der Waals surface area contributed by atoms with E-state index < -0.39 is 0 Å². The second-order valence-corrected chi connectivity index (χ2v) is 9.90. The lowest BCUT2D eigenvalue weighted by Crippen LogP contribution is -2.14. The third kappa shape index (κ3) is 53.9. The van der Waals surface area contributed by atoms with Crippen molar-refractivity contribution in [2.75, 3.05) is 13.2 Å². The van der Waals surface area contributed by atoms with Gasteiger partial charge >= 0.3 is 0 Å². The topological polar surface area (TPSA) is 52.6 Å². The van der Waals surface area contributed by atoms with Gasteiger partial charge in [-0.3, -0.25) is 9.59 Å². The second kappa shape index (κ2) is 31.0. The van der Waals surface area contributed by atoms with Crippen LogP contribution in [-0.4, -0.2) is 31.1 Å². The Morgan fingerprint density at radius 3 is 1.00 bits per heavy atom. The Bertz CT molecular complexity index is 378. The summed E-state index contributed by atoms with van der Waals surface area (Å²) in [4.78, 5) is 20.3. The molecule has 0 saturated carbocycles. The van der Waals surface area contributed by atoms with E-state index in [1.807, 2.05) is 34.6 Å². The maximum Gasteiger partial charge on any atom is 0.160 e. The second-order valence-electron chi connectivity index (χ2n) is 9.90. The van der Waals surface area contributed by atoms with Crippen LogP contribution >= 0.6 is 0 Å². The zero-order chi connectivity index (χ0) is 27.6. The molecule has 0 spiro atoms. The van der Waals surface area contributed by atoms with Gasteiger partial charge in [-0.1, -0.05) is 102 Å². The van der Waals surface area contributed by atoms with E-state index in [1.165, 1.54) is 12.8 Å². The standard InChI is InChI=1S/C6H12O2.2C5H10O.2C5H12.C3H6/c1-5(2)6-7-3-4-8-6;2*1-4(2)5(3)6;2*1-4-5(2)3;1-3-2/h5-6H,3-4H2,1-2H3;2*4H,1-3H3;2*5H,4H2,1-3H3;3H,1H2,2H3. The van der Waals surface area contributed by atoms with Crippen LogP contribution in [-0.2, 0) is 19.1 Å².